The summed E-state index contributed by atoms with van der Waals surface area (Å²) in [4.78, 5) is 26.9. The quantitative estimate of drug-likeness (QED) is 0.176. The van der Waals surface area contributed by atoms with Gasteiger partial charge >= 0.3 is 5.69 Å². The normalized spacial score (nSPS) is 11.0. The SMILES string of the molecule is O=C(/C=C/c1ccc(COc2ccccc2[N+](=O)[O-])o1)c1ccc(-n2ccnc2)cc1. The molecule has 4 rings (SSSR count). The molecule has 0 aliphatic heterocycles. The molecule has 0 bridgehead atoms. The second kappa shape index (κ2) is 8.91. The highest BCUT2D eigenvalue weighted by molar-refractivity contribution is 6.06. The number of carbonyl (C=O) groups is 1. The number of nitro benzene ring substituents is 1. The van der Waals surface area contributed by atoms with E-state index in [1.807, 2.05) is 22.9 Å². The number of ketones is 1. The van der Waals surface area contributed by atoms with Crippen LogP contribution >= 0.6 is 0 Å². The number of aromatic nitrogens is 2. The summed E-state index contributed by atoms with van der Waals surface area (Å²) in [5.41, 5.74) is 1.35. The second-order valence-corrected chi connectivity index (χ2v) is 6.53. The molecule has 2 aromatic carbocycles. The Bertz CT molecular complexity index is 1220. The van der Waals surface area contributed by atoms with Crippen LogP contribution in [0.4, 0.5) is 5.69 Å². The smallest absolute Gasteiger partial charge is 0.310 e. The fraction of sp³-hybridized carbons (Fsp3) is 0.0435. The van der Waals surface area contributed by atoms with E-state index in [4.69, 9.17) is 9.15 Å². The number of furan rings is 1. The van der Waals surface area contributed by atoms with Gasteiger partial charge in [0.15, 0.2) is 11.5 Å². The number of nitro groups is 1. The van der Waals surface area contributed by atoms with E-state index in [0.29, 0.717) is 17.1 Å². The lowest BCUT2D eigenvalue weighted by atomic mass is 10.1. The average molecular weight is 415 g/mol. The minimum Gasteiger partial charge on any atom is -0.479 e. The first-order valence-corrected chi connectivity index (χ1v) is 9.36. The number of carbonyl (C=O) groups excluding carboxylic acids is 1. The average Bonchev–Trinajstić information content (AvgIpc) is 3.49. The van der Waals surface area contributed by atoms with Crippen LogP contribution in [0.3, 0.4) is 0 Å². The van der Waals surface area contributed by atoms with Crippen LogP contribution in [0.1, 0.15) is 21.9 Å². The highest BCUT2D eigenvalue weighted by atomic mass is 16.6. The molecule has 154 valence electrons. The zero-order valence-corrected chi connectivity index (χ0v) is 16.3. The van der Waals surface area contributed by atoms with Crippen molar-refractivity contribution in [1.82, 2.24) is 9.55 Å². The van der Waals surface area contributed by atoms with Gasteiger partial charge in [0.2, 0.25) is 0 Å². The molecular weight excluding hydrogens is 398 g/mol. The van der Waals surface area contributed by atoms with Crippen molar-refractivity contribution in [2.24, 2.45) is 0 Å². The first kappa shape index (κ1) is 19.8. The highest BCUT2D eigenvalue weighted by Gasteiger charge is 2.14. The molecule has 31 heavy (non-hydrogen) atoms. The lowest BCUT2D eigenvalue weighted by molar-refractivity contribution is -0.386. The summed E-state index contributed by atoms with van der Waals surface area (Å²) >= 11 is 0. The van der Waals surface area contributed by atoms with Gasteiger partial charge in [0, 0.05) is 29.7 Å². The second-order valence-electron chi connectivity index (χ2n) is 6.53. The number of benzene rings is 2. The molecular formula is C23H17N3O5. The van der Waals surface area contributed by atoms with E-state index in [2.05, 4.69) is 4.98 Å². The van der Waals surface area contributed by atoms with Gasteiger partial charge < -0.3 is 13.7 Å². The Labute approximate surface area is 177 Å². The van der Waals surface area contributed by atoms with Gasteiger partial charge in [-0.25, -0.2) is 4.98 Å². The van der Waals surface area contributed by atoms with Gasteiger partial charge in [-0.2, -0.15) is 0 Å². The van der Waals surface area contributed by atoms with Crippen molar-refractivity contribution in [3.63, 3.8) is 0 Å². The molecule has 0 fully saturated rings. The van der Waals surface area contributed by atoms with E-state index < -0.39 is 4.92 Å². The first-order chi connectivity index (χ1) is 15.1. The standard InChI is InChI=1S/C23H17N3O5/c27-22(17-5-7-18(8-6-17)25-14-13-24-16-25)12-11-19-9-10-20(31-19)15-30-23-4-2-1-3-21(23)26(28)29/h1-14,16H,15H2/b12-11+. The molecule has 4 aromatic rings. The number of para-hydroxylation sites is 2. The molecule has 0 spiro atoms. The van der Waals surface area contributed by atoms with Crippen LogP contribution in [0.25, 0.3) is 11.8 Å². The maximum absolute atomic E-state index is 12.4. The number of nitrogens with zero attached hydrogens (tertiary/aromatic N) is 3. The fourth-order valence-corrected chi connectivity index (χ4v) is 2.90. The summed E-state index contributed by atoms with van der Waals surface area (Å²) in [7, 11) is 0. The fourth-order valence-electron chi connectivity index (χ4n) is 2.90. The Morgan fingerprint density at radius 1 is 1.13 bits per heavy atom. The third-order valence-electron chi connectivity index (χ3n) is 4.47. The van der Waals surface area contributed by atoms with Crippen molar-refractivity contribution in [2.75, 3.05) is 0 Å². The Kier molecular flexibility index (Phi) is 5.70. The molecule has 2 heterocycles. The molecule has 8 nitrogen and oxygen atoms in total. The van der Waals surface area contributed by atoms with Crippen LogP contribution in [0.2, 0.25) is 0 Å². The molecule has 0 unspecified atom stereocenters. The zero-order chi connectivity index (χ0) is 21.6. The maximum atomic E-state index is 12.4. The summed E-state index contributed by atoms with van der Waals surface area (Å²) in [6.07, 6.45) is 8.19. The van der Waals surface area contributed by atoms with E-state index in [9.17, 15) is 14.9 Å². The Hall–Kier alpha value is -4.46. The van der Waals surface area contributed by atoms with Crippen molar-refractivity contribution in [2.45, 2.75) is 6.61 Å². The third-order valence-corrected chi connectivity index (χ3v) is 4.47. The Balaban J connectivity index is 1.37. The van der Waals surface area contributed by atoms with E-state index in [0.717, 1.165) is 5.69 Å². The van der Waals surface area contributed by atoms with E-state index in [1.54, 1.807) is 55.0 Å². The molecule has 0 aliphatic carbocycles. The first-order valence-electron chi connectivity index (χ1n) is 9.36. The lowest BCUT2D eigenvalue weighted by Gasteiger charge is -2.04. The number of imidazole rings is 1. The summed E-state index contributed by atoms with van der Waals surface area (Å²) < 4.78 is 13.0. The van der Waals surface area contributed by atoms with Gasteiger partial charge in [-0.3, -0.25) is 14.9 Å². The number of hydrogen-bond donors (Lipinski definition) is 0. The Morgan fingerprint density at radius 3 is 2.68 bits per heavy atom. The van der Waals surface area contributed by atoms with Crippen LogP contribution in [0.5, 0.6) is 5.75 Å². The van der Waals surface area contributed by atoms with E-state index in [-0.39, 0.29) is 23.8 Å². The topological polar surface area (TPSA) is 100 Å². The third kappa shape index (κ3) is 4.76. The van der Waals surface area contributed by atoms with Crippen LogP contribution < -0.4 is 4.74 Å². The summed E-state index contributed by atoms with van der Waals surface area (Å²) in [6, 6.07) is 16.7. The molecule has 0 saturated carbocycles. The van der Waals surface area contributed by atoms with Gasteiger partial charge in [-0.1, -0.05) is 12.1 Å². The van der Waals surface area contributed by atoms with Crippen molar-refractivity contribution in [3.8, 4) is 11.4 Å². The molecule has 0 N–H and O–H groups in total. The Morgan fingerprint density at radius 2 is 1.94 bits per heavy atom. The van der Waals surface area contributed by atoms with Crippen LogP contribution in [0.15, 0.2) is 89.9 Å². The predicted molar refractivity (Wildman–Crippen MR) is 113 cm³/mol. The van der Waals surface area contributed by atoms with Crippen molar-refractivity contribution >= 4 is 17.5 Å². The molecule has 2 aromatic heterocycles. The van der Waals surface area contributed by atoms with Crippen molar-refractivity contribution in [1.29, 1.82) is 0 Å². The summed E-state index contributed by atoms with van der Waals surface area (Å²) in [6.45, 7) is 0.0301. The van der Waals surface area contributed by atoms with E-state index >= 15 is 0 Å². The van der Waals surface area contributed by atoms with Crippen LogP contribution in [-0.2, 0) is 6.61 Å². The number of ether oxygens (including phenoxy) is 1. The number of rotatable bonds is 8. The zero-order valence-electron chi connectivity index (χ0n) is 16.3. The molecule has 0 atom stereocenters. The van der Waals surface area contributed by atoms with Gasteiger partial charge in [0.1, 0.15) is 18.1 Å². The van der Waals surface area contributed by atoms with Crippen LogP contribution in [0, 0.1) is 10.1 Å². The van der Waals surface area contributed by atoms with Gasteiger partial charge in [0.05, 0.1) is 11.3 Å². The molecule has 0 aliphatic rings. The highest BCUT2D eigenvalue weighted by Crippen LogP contribution is 2.27. The van der Waals surface area contributed by atoms with Crippen molar-refractivity contribution < 1.29 is 18.9 Å². The predicted octanol–water partition coefficient (Wildman–Crippen LogP) is 4.85. The summed E-state index contributed by atoms with van der Waals surface area (Å²) in [5, 5.41) is 11.0. The van der Waals surface area contributed by atoms with Gasteiger partial charge in [-0.15, -0.1) is 0 Å². The molecule has 8 heteroatoms. The minimum atomic E-state index is -0.501. The van der Waals surface area contributed by atoms with E-state index in [1.165, 1.54) is 18.2 Å². The largest absolute Gasteiger partial charge is 0.479 e. The minimum absolute atomic E-state index is 0.0301. The molecule has 0 saturated heterocycles. The van der Waals surface area contributed by atoms with Crippen LogP contribution in [-0.4, -0.2) is 20.3 Å². The van der Waals surface area contributed by atoms with Gasteiger partial charge in [-0.05, 0) is 54.6 Å². The maximum Gasteiger partial charge on any atom is 0.310 e. The molecule has 0 radical (unpaired) electrons. The number of allylic oxidation sites excluding steroid dienone is 1. The van der Waals surface area contributed by atoms with Crippen molar-refractivity contribution in [3.05, 3.63) is 113 Å². The van der Waals surface area contributed by atoms with Gasteiger partial charge in [0.25, 0.3) is 0 Å². The lowest BCUT2D eigenvalue weighted by Crippen LogP contribution is -1.98. The summed E-state index contributed by atoms with van der Waals surface area (Å²) in [5.74, 6) is 0.959. The number of hydrogen-bond acceptors (Lipinski definition) is 6. The molecule has 0 amide bonds. The monoisotopic (exact) mass is 415 g/mol.